The fraction of sp³-hybridized carbons (Fsp3) is 0.677. The highest BCUT2D eigenvalue weighted by Crippen LogP contribution is 2.23. The lowest BCUT2D eigenvalue weighted by atomic mass is 10.1. The van der Waals surface area contributed by atoms with Crippen molar-refractivity contribution in [2.75, 3.05) is 24.6 Å². The molecule has 0 amide bonds. The van der Waals surface area contributed by atoms with E-state index in [1.165, 1.54) is 5.56 Å². The second-order valence-electron chi connectivity index (χ2n) is 10.3. The third-order valence-electron chi connectivity index (χ3n) is 6.70. The fourth-order valence-electron chi connectivity index (χ4n) is 4.68. The van der Waals surface area contributed by atoms with E-state index in [0.29, 0.717) is 25.7 Å². The Morgan fingerprint density at radius 1 is 0.850 bits per heavy atom. The van der Waals surface area contributed by atoms with E-state index >= 15 is 0 Å². The van der Waals surface area contributed by atoms with Gasteiger partial charge in [0.25, 0.3) is 0 Å². The van der Waals surface area contributed by atoms with E-state index in [-0.39, 0.29) is 44.7 Å². The standard InChI is InChI=1S/C31H47NO8/c1-5-11-27(33)37-21-18-26(39-28(34)12-6-2)31(40-29(35)13-7-3)23(4)38-30(36)17-10-20-32-19-9-15-24-14-8-16-25(32)22-24/h8,14,16,22-23,26,31H,5-7,9-13,15,17-21H2,1-4H3/t23-,26+,31+/m0/s1. The molecular formula is C31H47NO8. The van der Waals surface area contributed by atoms with Crippen LogP contribution in [0.5, 0.6) is 0 Å². The van der Waals surface area contributed by atoms with Crippen molar-refractivity contribution in [2.45, 2.75) is 117 Å². The number of benzene rings is 1. The normalized spacial score (nSPS) is 14.8. The molecule has 0 aliphatic carbocycles. The van der Waals surface area contributed by atoms with Crippen LogP contribution in [0.15, 0.2) is 24.3 Å². The van der Waals surface area contributed by atoms with E-state index in [2.05, 4.69) is 29.2 Å². The number of hydrogen-bond donors (Lipinski definition) is 0. The summed E-state index contributed by atoms with van der Waals surface area (Å²) in [6, 6.07) is 8.48. The van der Waals surface area contributed by atoms with Crippen molar-refractivity contribution in [1.29, 1.82) is 0 Å². The molecule has 40 heavy (non-hydrogen) atoms. The number of hydrogen-bond acceptors (Lipinski definition) is 9. The molecule has 0 saturated carbocycles. The van der Waals surface area contributed by atoms with Crippen LogP contribution in [-0.2, 0) is 44.5 Å². The van der Waals surface area contributed by atoms with Crippen molar-refractivity contribution in [2.24, 2.45) is 0 Å². The Morgan fingerprint density at radius 3 is 2.20 bits per heavy atom. The first-order valence-corrected chi connectivity index (χ1v) is 14.8. The van der Waals surface area contributed by atoms with Gasteiger partial charge >= 0.3 is 23.9 Å². The Balaban J connectivity index is 2.03. The van der Waals surface area contributed by atoms with Crippen LogP contribution in [0.2, 0.25) is 0 Å². The van der Waals surface area contributed by atoms with E-state index < -0.39 is 36.2 Å². The highest BCUT2D eigenvalue weighted by atomic mass is 16.6. The predicted octanol–water partition coefficient (Wildman–Crippen LogP) is 5.31. The van der Waals surface area contributed by atoms with Crippen LogP contribution < -0.4 is 4.90 Å². The zero-order valence-corrected chi connectivity index (χ0v) is 24.7. The van der Waals surface area contributed by atoms with Gasteiger partial charge in [0.1, 0.15) is 12.2 Å². The summed E-state index contributed by atoms with van der Waals surface area (Å²) in [6.45, 7) is 8.86. The minimum absolute atomic E-state index is 0.0115. The SMILES string of the molecule is CCCC(=O)OCC[C@@H](OC(=O)CCC)[C@H](OC(=O)CCC)[C@H](C)OC(=O)CCCN1CCCc2cccc1c2. The third kappa shape index (κ3) is 12.0. The van der Waals surface area contributed by atoms with Crippen molar-refractivity contribution < 1.29 is 38.1 Å². The van der Waals surface area contributed by atoms with E-state index in [0.717, 1.165) is 31.6 Å². The molecule has 3 atom stereocenters. The van der Waals surface area contributed by atoms with Gasteiger partial charge < -0.3 is 23.8 Å². The van der Waals surface area contributed by atoms with Crippen LogP contribution >= 0.6 is 0 Å². The number of rotatable bonds is 18. The molecule has 1 aromatic carbocycles. The molecule has 2 rings (SSSR count). The summed E-state index contributed by atoms with van der Waals surface area (Å²) in [5.74, 6) is -1.70. The van der Waals surface area contributed by atoms with E-state index in [4.69, 9.17) is 18.9 Å². The Hall–Kier alpha value is -3.10. The maximum absolute atomic E-state index is 12.8. The van der Waals surface area contributed by atoms with Crippen molar-refractivity contribution in [3.8, 4) is 0 Å². The number of carbonyl (C=O) groups is 4. The van der Waals surface area contributed by atoms with Crippen LogP contribution in [0.4, 0.5) is 5.69 Å². The highest BCUT2D eigenvalue weighted by molar-refractivity contribution is 5.71. The number of ether oxygens (including phenoxy) is 4. The number of fused-ring (bicyclic) bond motifs is 2. The summed E-state index contributed by atoms with van der Waals surface area (Å²) in [5.41, 5.74) is 2.49. The molecule has 0 saturated heterocycles. The van der Waals surface area contributed by atoms with Crippen LogP contribution in [0.1, 0.15) is 97.5 Å². The topological polar surface area (TPSA) is 108 Å². The molecule has 0 N–H and O–H groups in total. The van der Waals surface area contributed by atoms with E-state index in [1.54, 1.807) is 6.92 Å². The van der Waals surface area contributed by atoms with Gasteiger partial charge in [0.05, 0.1) is 6.61 Å². The zero-order chi connectivity index (χ0) is 29.3. The molecule has 1 aliphatic rings. The van der Waals surface area contributed by atoms with Gasteiger partial charge in [0, 0.05) is 50.9 Å². The first kappa shape index (κ1) is 33.1. The monoisotopic (exact) mass is 561 g/mol. The Morgan fingerprint density at radius 2 is 1.50 bits per heavy atom. The quantitative estimate of drug-likeness (QED) is 0.174. The van der Waals surface area contributed by atoms with Crippen LogP contribution in [0.3, 0.4) is 0 Å². The predicted molar refractivity (Wildman–Crippen MR) is 152 cm³/mol. The smallest absolute Gasteiger partial charge is 0.306 e. The van der Waals surface area contributed by atoms with Crippen molar-refractivity contribution >= 4 is 29.6 Å². The van der Waals surface area contributed by atoms with E-state index in [1.807, 2.05) is 20.8 Å². The Labute approximate surface area is 238 Å². The summed E-state index contributed by atoms with van der Waals surface area (Å²) >= 11 is 0. The van der Waals surface area contributed by atoms with Gasteiger partial charge in [0.2, 0.25) is 0 Å². The van der Waals surface area contributed by atoms with Crippen molar-refractivity contribution in [3.63, 3.8) is 0 Å². The molecule has 0 unspecified atom stereocenters. The summed E-state index contributed by atoms with van der Waals surface area (Å²) in [7, 11) is 0. The molecule has 224 valence electrons. The van der Waals surface area contributed by atoms with Crippen LogP contribution in [0.25, 0.3) is 0 Å². The summed E-state index contributed by atoms with van der Waals surface area (Å²) in [5, 5.41) is 0. The fourth-order valence-corrected chi connectivity index (χ4v) is 4.68. The van der Waals surface area contributed by atoms with E-state index in [9.17, 15) is 19.2 Å². The lowest BCUT2D eigenvalue weighted by Gasteiger charge is -2.31. The molecular weight excluding hydrogens is 514 g/mol. The average Bonchev–Trinajstić information content (AvgIpc) is 3.04. The maximum Gasteiger partial charge on any atom is 0.306 e. The van der Waals surface area contributed by atoms with Gasteiger partial charge in [-0.15, -0.1) is 0 Å². The van der Waals surface area contributed by atoms with Crippen LogP contribution in [0, 0.1) is 0 Å². The molecule has 0 spiro atoms. The zero-order valence-electron chi connectivity index (χ0n) is 24.7. The van der Waals surface area contributed by atoms with Gasteiger partial charge in [-0.1, -0.05) is 32.9 Å². The van der Waals surface area contributed by atoms with Crippen molar-refractivity contribution in [1.82, 2.24) is 0 Å². The number of nitrogens with zero attached hydrogens (tertiary/aromatic N) is 1. The molecule has 0 aromatic heterocycles. The number of anilines is 1. The lowest BCUT2D eigenvalue weighted by Crippen LogP contribution is -2.45. The molecule has 9 heteroatoms. The second kappa shape index (κ2) is 18.3. The summed E-state index contributed by atoms with van der Waals surface area (Å²) < 4.78 is 22.3. The first-order chi connectivity index (χ1) is 19.3. The van der Waals surface area contributed by atoms with Crippen LogP contribution in [-0.4, -0.2) is 61.9 Å². The molecule has 0 fully saturated rings. The number of aryl methyl sites for hydroxylation is 1. The third-order valence-corrected chi connectivity index (χ3v) is 6.70. The van der Waals surface area contributed by atoms with Gasteiger partial charge in [-0.05, 0) is 63.1 Å². The molecule has 0 radical (unpaired) electrons. The first-order valence-electron chi connectivity index (χ1n) is 14.8. The largest absolute Gasteiger partial charge is 0.466 e. The maximum atomic E-state index is 12.8. The molecule has 9 nitrogen and oxygen atoms in total. The average molecular weight is 562 g/mol. The number of esters is 4. The molecule has 1 aromatic rings. The van der Waals surface area contributed by atoms with Gasteiger partial charge in [-0.2, -0.15) is 0 Å². The van der Waals surface area contributed by atoms with Gasteiger partial charge in [-0.25, -0.2) is 0 Å². The summed E-state index contributed by atoms with van der Waals surface area (Å²) in [4.78, 5) is 51.8. The lowest BCUT2D eigenvalue weighted by molar-refractivity contribution is -0.186. The molecule has 2 bridgehead atoms. The van der Waals surface area contributed by atoms with Gasteiger partial charge in [-0.3, -0.25) is 19.2 Å². The summed E-state index contributed by atoms with van der Waals surface area (Å²) in [6.07, 6.45) is 2.68. The second-order valence-corrected chi connectivity index (χ2v) is 10.3. The number of carbonyl (C=O) groups excluding carboxylic acids is 4. The van der Waals surface area contributed by atoms with Gasteiger partial charge in [0.15, 0.2) is 6.10 Å². The highest BCUT2D eigenvalue weighted by Gasteiger charge is 2.35. The molecule has 1 heterocycles. The molecule has 1 aliphatic heterocycles. The Kier molecular flexibility index (Phi) is 15.1. The Bertz CT molecular complexity index is 949. The minimum atomic E-state index is -1.03. The minimum Gasteiger partial charge on any atom is -0.466 e. The van der Waals surface area contributed by atoms with Crippen molar-refractivity contribution in [3.05, 3.63) is 29.8 Å².